The van der Waals surface area contributed by atoms with Gasteiger partial charge in [0, 0.05) is 12.8 Å². The molecule has 10 N–H and O–H groups in total. The van der Waals surface area contributed by atoms with E-state index >= 15 is 0 Å². The van der Waals surface area contributed by atoms with Crippen molar-refractivity contribution in [1.82, 2.24) is 0 Å². The maximum Gasteiger partial charge on any atom is 0.305 e. The lowest BCUT2D eigenvalue weighted by Gasteiger charge is -2.44. The summed E-state index contributed by atoms with van der Waals surface area (Å²) >= 11 is 0. The van der Waals surface area contributed by atoms with Gasteiger partial charge in [0.05, 0.1) is 0 Å². The summed E-state index contributed by atoms with van der Waals surface area (Å²) in [5.74, 6) is -1.03. The number of aliphatic hydroxyl groups excluding tert-OH is 6. The Morgan fingerprint density at radius 1 is 0.468 bits per heavy atom. The number of carbonyl (C=O) groups is 2. The summed E-state index contributed by atoms with van der Waals surface area (Å²) in [5, 5.41) is 62.6. The first kappa shape index (κ1) is 41.7. The van der Waals surface area contributed by atoms with Gasteiger partial charge in [-0.1, -0.05) is 64.2 Å². The van der Waals surface area contributed by atoms with E-state index in [-0.39, 0.29) is 12.8 Å². The standard InChI is InChI=1S/C32H60N2O13/c33-17-13-9-5-1-3-7-11-15-23(35)43-19-21-25(37)27(39)29(41)31(45-21)47-32-30(42)28(40)26(38)22(46-32)20-44-24(36)16-12-8-4-2-6-10-14-18-34/h21-22,25-32,37-42H,1-20,33-34H2/t21?,22?,25-,26-,27+,28?,29?,30-,31-,32-/m1/s1. The Balaban J connectivity index is 1.79. The minimum atomic E-state index is -1.81. The summed E-state index contributed by atoms with van der Waals surface area (Å²) < 4.78 is 27.1. The topological polar surface area (TPSA) is 254 Å². The van der Waals surface area contributed by atoms with Crippen molar-refractivity contribution in [3.05, 3.63) is 0 Å². The molecule has 2 rings (SSSR count). The highest BCUT2D eigenvalue weighted by atomic mass is 16.8. The summed E-state index contributed by atoms with van der Waals surface area (Å²) in [6.45, 7) is 0.499. The predicted molar refractivity (Wildman–Crippen MR) is 168 cm³/mol. The molecule has 2 saturated heterocycles. The van der Waals surface area contributed by atoms with Gasteiger partial charge < -0.3 is 65.8 Å². The van der Waals surface area contributed by atoms with Crippen molar-refractivity contribution in [2.45, 2.75) is 164 Å². The van der Waals surface area contributed by atoms with E-state index in [1.165, 1.54) is 0 Å². The van der Waals surface area contributed by atoms with Gasteiger partial charge in [-0.05, 0) is 38.8 Å². The molecule has 15 nitrogen and oxygen atoms in total. The molecule has 2 fully saturated rings. The van der Waals surface area contributed by atoms with Gasteiger partial charge in [-0.25, -0.2) is 0 Å². The molecule has 0 bridgehead atoms. The molecule has 0 amide bonds. The first-order valence-electron chi connectivity index (χ1n) is 17.4. The minimum absolute atomic E-state index is 0.167. The van der Waals surface area contributed by atoms with Crippen molar-refractivity contribution in [3.63, 3.8) is 0 Å². The minimum Gasteiger partial charge on any atom is -0.463 e. The Morgan fingerprint density at radius 3 is 1.13 bits per heavy atom. The van der Waals surface area contributed by atoms with Crippen molar-refractivity contribution in [2.75, 3.05) is 26.3 Å². The second-order valence-electron chi connectivity index (χ2n) is 12.6. The highest BCUT2D eigenvalue weighted by Crippen LogP contribution is 2.28. The molecule has 276 valence electrons. The molecular weight excluding hydrogens is 620 g/mol. The Kier molecular flexibility index (Phi) is 21.1. The van der Waals surface area contributed by atoms with E-state index in [4.69, 9.17) is 35.2 Å². The zero-order valence-corrected chi connectivity index (χ0v) is 27.6. The van der Waals surface area contributed by atoms with E-state index in [0.717, 1.165) is 77.0 Å². The van der Waals surface area contributed by atoms with Crippen LogP contribution in [-0.2, 0) is 33.3 Å². The molecule has 47 heavy (non-hydrogen) atoms. The number of carbonyl (C=O) groups excluding carboxylic acids is 2. The van der Waals surface area contributed by atoms with Gasteiger partial charge in [0.15, 0.2) is 12.6 Å². The first-order chi connectivity index (χ1) is 22.6. The zero-order chi connectivity index (χ0) is 34.6. The van der Waals surface area contributed by atoms with Crippen LogP contribution in [0.1, 0.15) is 103 Å². The fourth-order valence-electron chi connectivity index (χ4n) is 5.56. The average Bonchev–Trinajstić information content (AvgIpc) is 3.06. The van der Waals surface area contributed by atoms with Crippen LogP contribution < -0.4 is 11.5 Å². The third kappa shape index (κ3) is 15.3. The smallest absolute Gasteiger partial charge is 0.305 e. The Labute approximate surface area is 277 Å². The van der Waals surface area contributed by atoms with Gasteiger partial charge >= 0.3 is 11.9 Å². The van der Waals surface area contributed by atoms with E-state index in [0.29, 0.717) is 25.9 Å². The Bertz CT molecular complexity index is 790. The van der Waals surface area contributed by atoms with Crippen LogP contribution in [0.5, 0.6) is 0 Å². The molecule has 0 aromatic carbocycles. The third-order valence-electron chi connectivity index (χ3n) is 8.59. The number of esters is 2. The number of ether oxygens (including phenoxy) is 5. The number of hydrogen-bond acceptors (Lipinski definition) is 15. The zero-order valence-electron chi connectivity index (χ0n) is 27.6. The highest BCUT2D eigenvalue weighted by Gasteiger charge is 2.50. The van der Waals surface area contributed by atoms with Crippen molar-refractivity contribution in [3.8, 4) is 0 Å². The number of hydrogen-bond donors (Lipinski definition) is 8. The normalized spacial score (nSPS) is 31.1. The largest absolute Gasteiger partial charge is 0.463 e. The summed E-state index contributed by atoms with van der Waals surface area (Å²) in [6.07, 6.45) is -2.50. The van der Waals surface area contributed by atoms with Crippen molar-refractivity contribution in [2.24, 2.45) is 11.5 Å². The van der Waals surface area contributed by atoms with Crippen LogP contribution in [0.2, 0.25) is 0 Å². The van der Waals surface area contributed by atoms with Crippen molar-refractivity contribution < 1.29 is 63.9 Å². The van der Waals surface area contributed by atoms with Crippen LogP contribution in [0.4, 0.5) is 0 Å². The van der Waals surface area contributed by atoms with Crippen LogP contribution in [0.15, 0.2) is 0 Å². The number of aliphatic hydroxyl groups is 6. The SMILES string of the molecule is NCCCCCCCCCC(=O)OCC1O[C@H](O[C@H]2OC(COC(=O)CCCCCCCCCN)[C@@H](O)[C@H](O)C2O)[C@H](O)C(O)[C@@H]1O. The lowest BCUT2D eigenvalue weighted by Crippen LogP contribution is -2.64. The molecule has 0 spiro atoms. The van der Waals surface area contributed by atoms with Gasteiger partial charge in [0.25, 0.3) is 0 Å². The summed E-state index contributed by atoms with van der Waals surface area (Å²) in [4.78, 5) is 24.5. The summed E-state index contributed by atoms with van der Waals surface area (Å²) in [5.41, 5.74) is 11.0. The highest BCUT2D eigenvalue weighted by molar-refractivity contribution is 5.69. The Hall–Kier alpha value is -1.50. The van der Waals surface area contributed by atoms with E-state index in [2.05, 4.69) is 0 Å². The molecule has 4 unspecified atom stereocenters. The number of unbranched alkanes of at least 4 members (excludes halogenated alkanes) is 12. The maximum absolute atomic E-state index is 12.2. The van der Waals surface area contributed by atoms with Crippen LogP contribution in [0, 0.1) is 0 Å². The lowest BCUT2D eigenvalue weighted by atomic mass is 9.98. The van der Waals surface area contributed by atoms with Gasteiger partial charge in [0.1, 0.15) is 62.0 Å². The van der Waals surface area contributed by atoms with Crippen LogP contribution >= 0.6 is 0 Å². The molecule has 2 heterocycles. The predicted octanol–water partition coefficient (Wildman–Crippen LogP) is -0.136. The number of nitrogens with two attached hydrogens (primary N) is 2. The molecule has 0 aromatic rings. The molecule has 0 aromatic heterocycles. The molecule has 0 radical (unpaired) electrons. The second-order valence-corrected chi connectivity index (χ2v) is 12.6. The molecule has 10 atom stereocenters. The molecule has 15 heteroatoms. The quantitative estimate of drug-likeness (QED) is 0.0488. The average molecular weight is 681 g/mol. The van der Waals surface area contributed by atoms with E-state index in [1.54, 1.807) is 0 Å². The Morgan fingerprint density at radius 2 is 0.787 bits per heavy atom. The summed E-state index contributed by atoms with van der Waals surface area (Å²) in [7, 11) is 0. The fourth-order valence-corrected chi connectivity index (χ4v) is 5.56. The molecule has 2 aliphatic heterocycles. The molecule has 0 aliphatic carbocycles. The van der Waals surface area contributed by atoms with Gasteiger partial charge in [-0.3, -0.25) is 9.59 Å². The molecular formula is C32H60N2O13. The van der Waals surface area contributed by atoms with Crippen LogP contribution in [0.3, 0.4) is 0 Å². The second kappa shape index (κ2) is 23.8. The van der Waals surface area contributed by atoms with E-state index in [9.17, 15) is 40.2 Å². The van der Waals surface area contributed by atoms with Crippen molar-refractivity contribution in [1.29, 1.82) is 0 Å². The van der Waals surface area contributed by atoms with Crippen LogP contribution in [0.25, 0.3) is 0 Å². The van der Waals surface area contributed by atoms with E-state index < -0.39 is 86.6 Å². The monoisotopic (exact) mass is 680 g/mol. The van der Waals surface area contributed by atoms with Gasteiger partial charge in [-0.2, -0.15) is 0 Å². The first-order valence-corrected chi connectivity index (χ1v) is 17.4. The van der Waals surface area contributed by atoms with Crippen molar-refractivity contribution >= 4 is 11.9 Å². The number of rotatable bonds is 24. The fraction of sp³-hybridized carbons (Fsp3) is 0.938. The van der Waals surface area contributed by atoms with Gasteiger partial charge in [0.2, 0.25) is 0 Å². The third-order valence-corrected chi connectivity index (χ3v) is 8.59. The van der Waals surface area contributed by atoms with Gasteiger partial charge in [-0.15, -0.1) is 0 Å². The maximum atomic E-state index is 12.2. The van der Waals surface area contributed by atoms with Crippen LogP contribution in [-0.4, -0.2) is 130 Å². The molecule has 2 aliphatic rings. The van der Waals surface area contributed by atoms with E-state index in [1.807, 2.05) is 0 Å². The lowest BCUT2D eigenvalue weighted by molar-refractivity contribution is -0.376. The summed E-state index contributed by atoms with van der Waals surface area (Å²) in [6, 6.07) is 0. The molecule has 0 saturated carbocycles.